The fourth-order valence-corrected chi connectivity index (χ4v) is 3.50. The maximum atomic E-state index is 12.8. The lowest BCUT2D eigenvalue weighted by Crippen LogP contribution is -2.22. The summed E-state index contributed by atoms with van der Waals surface area (Å²) in [4.78, 5) is 14.5. The van der Waals surface area contributed by atoms with Gasteiger partial charge in [0, 0.05) is 25.9 Å². The third-order valence-electron chi connectivity index (χ3n) is 5.26. The van der Waals surface area contributed by atoms with Gasteiger partial charge in [0.15, 0.2) is 11.5 Å². The molecule has 0 amide bonds. The van der Waals surface area contributed by atoms with E-state index in [-0.39, 0.29) is 29.4 Å². The summed E-state index contributed by atoms with van der Waals surface area (Å²) in [6, 6.07) is 11.4. The summed E-state index contributed by atoms with van der Waals surface area (Å²) in [5, 5.41) is 16.6. The van der Waals surface area contributed by atoms with Crippen LogP contribution in [0.2, 0.25) is 0 Å². The molecule has 0 saturated carbocycles. The van der Waals surface area contributed by atoms with E-state index in [0.717, 1.165) is 25.5 Å². The van der Waals surface area contributed by atoms with Crippen LogP contribution in [0.15, 0.2) is 36.4 Å². The molecule has 1 aliphatic rings. The van der Waals surface area contributed by atoms with Crippen LogP contribution in [0.25, 0.3) is 0 Å². The monoisotopic (exact) mass is 402 g/mol. The molecule has 8 heteroatoms. The molecule has 0 radical (unpaired) electrons. The number of hydrogen-bond acceptors (Lipinski definition) is 5. The standard InChI is InChI=1S/C21H21F3N4O/c1-14(21(22,23)24)17-4-2-15(3-5-17)10-19(29)11-16-8-9-28(13-16)20-7-6-18(12-25)26-27-20/h2-7,14,16H,8-11,13H2,1H3. The van der Waals surface area contributed by atoms with Crippen molar-refractivity contribution >= 4 is 11.6 Å². The minimum absolute atomic E-state index is 0.0689. The van der Waals surface area contributed by atoms with Crippen molar-refractivity contribution in [2.75, 3.05) is 18.0 Å². The van der Waals surface area contributed by atoms with Crippen LogP contribution < -0.4 is 4.90 Å². The molecule has 1 saturated heterocycles. The predicted molar refractivity (Wildman–Crippen MR) is 101 cm³/mol. The van der Waals surface area contributed by atoms with Crippen LogP contribution in [-0.4, -0.2) is 35.2 Å². The highest BCUT2D eigenvalue weighted by Gasteiger charge is 2.36. The molecule has 0 spiro atoms. The first kappa shape index (κ1) is 20.8. The van der Waals surface area contributed by atoms with Crippen molar-refractivity contribution in [3.05, 3.63) is 53.2 Å². The molecule has 5 nitrogen and oxygen atoms in total. The van der Waals surface area contributed by atoms with Crippen molar-refractivity contribution in [1.82, 2.24) is 10.2 Å². The van der Waals surface area contributed by atoms with E-state index in [2.05, 4.69) is 10.2 Å². The van der Waals surface area contributed by atoms with Crippen LogP contribution in [0.1, 0.15) is 42.5 Å². The van der Waals surface area contributed by atoms with Crippen molar-refractivity contribution in [2.24, 2.45) is 5.92 Å². The van der Waals surface area contributed by atoms with Gasteiger partial charge in [0.1, 0.15) is 11.9 Å². The Morgan fingerprint density at radius 1 is 1.24 bits per heavy atom. The number of alkyl halides is 3. The van der Waals surface area contributed by atoms with E-state index in [4.69, 9.17) is 5.26 Å². The number of rotatable bonds is 6. The first-order chi connectivity index (χ1) is 13.8. The Morgan fingerprint density at radius 2 is 1.97 bits per heavy atom. The van der Waals surface area contributed by atoms with Gasteiger partial charge in [-0.25, -0.2) is 0 Å². The van der Waals surface area contributed by atoms with E-state index in [1.165, 1.54) is 12.1 Å². The van der Waals surface area contributed by atoms with Crippen molar-refractivity contribution in [1.29, 1.82) is 5.26 Å². The Bertz CT molecular complexity index is 888. The number of carbonyl (C=O) groups is 1. The Labute approximate surface area is 167 Å². The number of hydrogen-bond donors (Lipinski definition) is 0. The number of carbonyl (C=O) groups excluding carboxylic acids is 1. The number of nitriles is 1. The summed E-state index contributed by atoms with van der Waals surface area (Å²) in [6.07, 6.45) is -2.78. The van der Waals surface area contributed by atoms with Crippen LogP contribution in [0.5, 0.6) is 0 Å². The summed E-state index contributed by atoms with van der Waals surface area (Å²) < 4.78 is 38.4. The van der Waals surface area contributed by atoms with Crippen LogP contribution >= 0.6 is 0 Å². The number of benzene rings is 1. The van der Waals surface area contributed by atoms with Crippen molar-refractivity contribution < 1.29 is 18.0 Å². The van der Waals surface area contributed by atoms with Crippen LogP contribution in [-0.2, 0) is 11.2 Å². The highest BCUT2D eigenvalue weighted by Crippen LogP contribution is 2.34. The van der Waals surface area contributed by atoms with E-state index < -0.39 is 12.1 Å². The Balaban J connectivity index is 1.51. The van der Waals surface area contributed by atoms with Crippen LogP contribution in [0.3, 0.4) is 0 Å². The molecule has 2 aromatic rings. The maximum Gasteiger partial charge on any atom is 0.395 e. The van der Waals surface area contributed by atoms with Gasteiger partial charge >= 0.3 is 6.18 Å². The van der Waals surface area contributed by atoms with Crippen molar-refractivity contribution in [2.45, 2.75) is 38.3 Å². The van der Waals surface area contributed by atoms with E-state index in [1.54, 1.807) is 24.3 Å². The van der Waals surface area contributed by atoms with Gasteiger partial charge in [0.05, 0.1) is 5.92 Å². The molecule has 3 rings (SSSR count). The summed E-state index contributed by atoms with van der Waals surface area (Å²) >= 11 is 0. The fourth-order valence-electron chi connectivity index (χ4n) is 3.50. The number of halogens is 3. The smallest absolute Gasteiger partial charge is 0.355 e. The van der Waals surface area contributed by atoms with Gasteiger partial charge in [-0.1, -0.05) is 24.3 Å². The lowest BCUT2D eigenvalue weighted by molar-refractivity contribution is -0.146. The van der Waals surface area contributed by atoms with Gasteiger partial charge < -0.3 is 4.90 Å². The average molecular weight is 402 g/mol. The van der Waals surface area contributed by atoms with E-state index in [1.807, 2.05) is 11.0 Å². The van der Waals surface area contributed by atoms with Crippen molar-refractivity contribution in [3.63, 3.8) is 0 Å². The molecular formula is C21H21F3N4O. The second-order valence-corrected chi connectivity index (χ2v) is 7.41. The largest absolute Gasteiger partial charge is 0.395 e. The third-order valence-corrected chi connectivity index (χ3v) is 5.26. The predicted octanol–water partition coefficient (Wildman–Crippen LogP) is 4.04. The first-order valence-electron chi connectivity index (χ1n) is 9.42. The summed E-state index contributed by atoms with van der Waals surface area (Å²) in [5.41, 5.74) is 1.18. The molecule has 29 heavy (non-hydrogen) atoms. The summed E-state index contributed by atoms with van der Waals surface area (Å²) in [7, 11) is 0. The number of anilines is 1. The molecule has 1 aromatic heterocycles. The van der Waals surface area contributed by atoms with Gasteiger partial charge in [-0.15, -0.1) is 10.2 Å². The maximum absolute atomic E-state index is 12.8. The molecule has 1 aromatic carbocycles. The van der Waals surface area contributed by atoms with E-state index >= 15 is 0 Å². The number of Topliss-reactive ketones (excluding diaryl/α,β-unsaturated/α-hetero) is 1. The zero-order valence-corrected chi connectivity index (χ0v) is 16.0. The highest BCUT2D eigenvalue weighted by molar-refractivity contribution is 5.81. The lowest BCUT2D eigenvalue weighted by atomic mass is 9.95. The van der Waals surface area contributed by atoms with Gasteiger partial charge in [-0.05, 0) is 42.5 Å². The molecule has 2 heterocycles. The van der Waals surface area contributed by atoms with Crippen molar-refractivity contribution in [3.8, 4) is 6.07 Å². The second-order valence-electron chi connectivity index (χ2n) is 7.41. The van der Waals surface area contributed by atoms with E-state index in [0.29, 0.717) is 18.8 Å². The molecule has 1 aliphatic heterocycles. The normalized spacial score (nSPS) is 17.8. The van der Waals surface area contributed by atoms with Crippen LogP contribution in [0.4, 0.5) is 19.0 Å². The topological polar surface area (TPSA) is 69.9 Å². The minimum atomic E-state index is -4.27. The molecule has 2 atom stereocenters. The fraction of sp³-hybridized carbons (Fsp3) is 0.429. The molecule has 0 N–H and O–H groups in total. The highest BCUT2D eigenvalue weighted by atomic mass is 19.4. The van der Waals surface area contributed by atoms with Gasteiger partial charge in [0.25, 0.3) is 0 Å². The molecule has 1 fully saturated rings. The molecule has 0 bridgehead atoms. The number of ketones is 1. The Morgan fingerprint density at radius 3 is 2.55 bits per heavy atom. The van der Waals surface area contributed by atoms with Crippen LogP contribution in [0, 0.1) is 17.2 Å². The average Bonchev–Trinajstić information content (AvgIpc) is 3.15. The second kappa shape index (κ2) is 8.60. The zero-order chi connectivity index (χ0) is 21.0. The first-order valence-corrected chi connectivity index (χ1v) is 9.42. The Hall–Kier alpha value is -2.95. The molecular weight excluding hydrogens is 381 g/mol. The van der Waals surface area contributed by atoms with E-state index in [9.17, 15) is 18.0 Å². The lowest BCUT2D eigenvalue weighted by Gasteiger charge is -2.17. The van der Waals surface area contributed by atoms with Gasteiger partial charge in [0.2, 0.25) is 0 Å². The SMILES string of the molecule is CC(c1ccc(CC(=O)CC2CCN(c3ccc(C#N)nn3)C2)cc1)C(F)(F)F. The minimum Gasteiger partial charge on any atom is -0.355 e. The molecule has 2 unspecified atom stereocenters. The zero-order valence-electron chi connectivity index (χ0n) is 16.0. The molecule has 0 aliphatic carbocycles. The summed E-state index contributed by atoms with van der Waals surface area (Å²) in [5.74, 6) is -0.570. The number of aromatic nitrogens is 2. The van der Waals surface area contributed by atoms with Gasteiger partial charge in [-0.3, -0.25) is 4.79 Å². The van der Waals surface area contributed by atoms with Gasteiger partial charge in [-0.2, -0.15) is 18.4 Å². The quantitative estimate of drug-likeness (QED) is 0.729. The number of nitrogens with zero attached hydrogens (tertiary/aromatic N) is 4. The Kier molecular flexibility index (Phi) is 6.16. The third kappa shape index (κ3) is 5.31. The summed E-state index contributed by atoms with van der Waals surface area (Å²) in [6.45, 7) is 2.58. The molecule has 152 valence electrons.